The summed E-state index contributed by atoms with van der Waals surface area (Å²) in [5.41, 5.74) is 1.70. The van der Waals surface area contributed by atoms with Gasteiger partial charge in [-0.15, -0.1) is 0 Å². The zero-order valence-electron chi connectivity index (χ0n) is 17.5. The fourth-order valence-electron chi connectivity index (χ4n) is 4.07. The van der Waals surface area contributed by atoms with Crippen molar-refractivity contribution in [2.75, 3.05) is 17.4 Å². The first-order valence-corrected chi connectivity index (χ1v) is 11.8. The molecule has 2 aromatic carbocycles. The third kappa shape index (κ3) is 4.32. The standard InChI is InChI=1S/C23H30N2O3S/c1-4-20-11-9-10-16-24(20)23(26)19-15-14-18(3)22(17-19)29(27,28)25(5-2)21-12-7-6-8-13-21/h6-8,12-15,17,20H,4-5,9-11,16H2,1-3H3/t20-/m1/s1. The number of nitrogens with zero attached hydrogens (tertiary/aromatic N) is 2. The minimum Gasteiger partial charge on any atom is -0.336 e. The summed E-state index contributed by atoms with van der Waals surface area (Å²) >= 11 is 0. The average Bonchev–Trinajstić information content (AvgIpc) is 2.74. The van der Waals surface area contributed by atoms with Gasteiger partial charge in [0.1, 0.15) is 0 Å². The van der Waals surface area contributed by atoms with E-state index in [-0.39, 0.29) is 16.8 Å². The van der Waals surface area contributed by atoms with Gasteiger partial charge < -0.3 is 4.90 Å². The van der Waals surface area contributed by atoms with Crippen LogP contribution in [0.3, 0.4) is 0 Å². The Morgan fingerprint density at radius 3 is 2.48 bits per heavy atom. The minimum atomic E-state index is -3.78. The number of carbonyl (C=O) groups is 1. The summed E-state index contributed by atoms with van der Waals surface area (Å²) in [6, 6.07) is 14.3. The second kappa shape index (κ2) is 8.99. The summed E-state index contributed by atoms with van der Waals surface area (Å²) in [5.74, 6) is -0.0734. The quantitative estimate of drug-likeness (QED) is 0.693. The predicted octanol–water partition coefficient (Wildman–Crippen LogP) is 4.61. The monoisotopic (exact) mass is 414 g/mol. The zero-order chi connectivity index (χ0) is 21.0. The number of amides is 1. The number of aryl methyl sites for hydroxylation is 1. The molecule has 2 aromatic rings. The van der Waals surface area contributed by atoms with Gasteiger partial charge in [0.15, 0.2) is 0 Å². The molecule has 0 aliphatic carbocycles. The molecule has 1 aliphatic rings. The highest BCUT2D eigenvalue weighted by atomic mass is 32.2. The van der Waals surface area contributed by atoms with Crippen LogP contribution in [0.4, 0.5) is 5.69 Å². The number of anilines is 1. The molecule has 0 radical (unpaired) electrons. The average molecular weight is 415 g/mol. The Labute approximate surface area is 174 Å². The van der Waals surface area contributed by atoms with Crippen molar-refractivity contribution in [1.29, 1.82) is 0 Å². The second-order valence-corrected chi connectivity index (χ2v) is 9.37. The van der Waals surface area contributed by atoms with Gasteiger partial charge in [-0.1, -0.05) is 31.2 Å². The number of piperidine rings is 1. The van der Waals surface area contributed by atoms with E-state index < -0.39 is 10.0 Å². The van der Waals surface area contributed by atoms with E-state index in [2.05, 4.69) is 6.92 Å². The molecule has 29 heavy (non-hydrogen) atoms. The lowest BCUT2D eigenvalue weighted by Gasteiger charge is -2.35. The highest BCUT2D eigenvalue weighted by molar-refractivity contribution is 7.92. The van der Waals surface area contributed by atoms with Crippen LogP contribution in [-0.2, 0) is 10.0 Å². The molecule has 1 amide bonds. The Hall–Kier alpha value is -2.34. The summed E-state index contributed by atoms with van der Waals surface area (Å²) in [4.78, 5) is 15.3. The highest BCUT2D eigenvalue weighted by Gasteiger charge is 2.29. The van der Waals surface area contributed by atoms with Crippen molar-refractivity contribution in [3.63, 3.8) is 0 Å². The topological polar surface area (TPSA) is 57.7 Å². The predicted molar refractivity (Wildman–Crippen MR) is 117 cm³/mol. The van der Waals surface area contributed by atoms with Crippen LogP contribution < -0.4 is 4.31 Å². The summed E-state index contributed by atoms with van der Waals surface area (Å²) in [6.07, 6.45) is 4.06. The normalized spacial score (nSPS) is 17.2. The number of benzene rings is 2. The molecule has 0 N–H and O–H groups in total. The van der Waals surface area contributed by atoms with Gasteiger partial charge in [-0.05, 0) is 69.4 Å². The molecule has 0 unspecified atom stereocenters. The molecule has 1 aliphatic heterocycles. The molecule has 6 heteroatoms. The van der Waals surface area contributed by atoms with Crippen molar-refractivity contribution in [3.8, 4) is 0 Å². The van der Waals surface area contributed by atoms with Crippen molar-refractivity contribution in [2.24, 2.45) is 0 Å². The Bertz CT molecular complexity index is 957. The summed E-state index contributed by atoms with van der Waals surface area (Å²) in [7, 11) is -3.78. The highest BCUT2D eigenvalue weighted by Crippen LogP contribution is 2.28. The van der Waals surface area contributed by atoms with Crippen LogP contribution in [0.15, 0.2) is 53.4 Å². The molecule has 1 atom stereocenters. The number of carbonyl (C=O) groups excluding carboxylic acids is 1. The van der Waals surface area contributed by atoms with Crippen LogP contribution in [-0.4, -0.2) is 38.4 Å². The van der Waals surface area contributed by atoms with Gasteiger partial charge in [0.2, 0.25) is 0 Å². The van der Waals surface area contributed by atoms with Crippen LogP contribution in [0, 0.1) is 6.92 Å². The molecule has 156 valence electrons. The molecular weight excluding hydrogens is 384 g/mol. The minimum absolute atomic E-state index is 0.0734. The third-order valence-electron chi connectivity index (χ3n) is 5.69. The second-order valence-electron chi connectivity index (χ2n) is 7.54. The van der Waals surface area contributed by atoms with Gasteiger partial charge in [0, 0.05) is 24.7 Å². The van der Waals surface area contributed by atoms with E-state index in [9.17, 15) is 13.2 Å². The molecular formula is C23H30N2O3S. The lowest BCUT2D eigenvalue weighted by atomic mass is 9.98. The molecule has 0 aromatic heterocycles. The van der Waals surface area contributed by atoms with Gasteiger partial charge in [-0.3, -0.25) is 9.10 Å². The first-order chi connectivity index (χ1) is 13.9. The molecule has 0 saturated carbocycles. The van der Waals surface area contributed by atoms with E-state index in [1.165, 1.54) is 4.31 Å². The van der Waals surface area contributed by atoms with Crippen LogP contribution in [0.5, 0.6) is 0 Å². The molecule has 5 nitrogen and oxygen atoms in total. The molecule has 0 spiro atoms. The van der Waals surface area contributed by atoms with Gasteiger partial charge in [0.25, 0.3) is 15.9 Å². The van der Waals surface area contributed by atoms with Crippen molar-refractivity contribution in [3.05, 3.63) is 59.7 Å². The molecule has 0 bridgehead atoms. The third-order valence-corrected chi connectivity index (χ3v) is 7.74. The Kier molecular flexibility index (Phi) is 6.63. The first-order valence-electron chi connectivity index (χ1n) is 10.4. The smallest absolute Gasteiger partial charge is 0.264 e. The number of likely N-dealkylation sites (tertiary alicyclic amines) is 1. The maximum atomic E-state index is 13.5. The maximum Gasteiger partial charge on any atom is 0.264 e. The van der Waals surface area contributed by atoms with E-state index in [0.717, 1.165) is 32.2 Å². The molecule has 3 rings (SSSR count). The van der Waals surface area contributed by atoms with Crippen molar-refractivity contribution < 1.29 is 13.2 Å². The Morgan fingerprint density at radius 1 is 1.10 bits per heavy atom. The summed E-state index contributed by atoms with van der Waals surface area (Å²) < 4.78 is 28.3. The van der Waals surface area contributed by atoms with E-state index in [4.69, 9.17) is 0 Å². The molecule has 1 saturated heterocycles. The van der Waals surface area contributed by atoms with Crippen molar-refractivity contribution in [2.45, 2.75) is 57.4 Å². The van der Waals surface area contributed by atoms with Crippen molar-refractivity contribution >= 4 is 21.6 Å². The largest absolute Gasteiger partial charge is 0.336 e. The van der Waals surface area contributed by atoms with E-state index in [1.807, 2.05) is 30.0 Å². The van der Waals surface area contributed by atoms with E-state index in [1.54, 1.807) is 37.3 Å². The van der Waals surface area contributed by atoms with Crippen LogP contribution in [0.25, 0.3) is 0 Å². The van der Waals surface area contributed by atoms with Gasteiger partial charge >= 0.3 is 0 Å². The summed E-state index contributed by atoms with van der Waals surface area (Å²) in [6.45, 7) is 6.73. The number of rotatable bonds is 6. The van der Waals surface area contributed by atoms with Crippen LogP contribution in [0.1, 0.15) is 55.5 Å². The molecule has 1 heterocycles. The van der Waals surface area contributed by atoms with Crippen LogP contribution in [0.2, 0.25) is 0 Å². The van der Waals surface area contributed by atoms with Gasteiger partial charge in [-0.25, -0.2) is 8.42 Å². The Morgan fingerprint density at radius 2 is 1.83 bits per heavy atom. The van der Waals surface area contributed by atoms with Gasteiger partial charge in [-0.2, -0.15) is 0 Å². The lowest BCUT2D eigenvalue weighted by molar-refractivity contribution is 0.0608. The summed E-state index contributed by atoms with van der Waals surface area (Å²) in [5, 5.41) is 0. The maximum absolute atomic E-state index is 13.5. The number of sulfonamides is 1. The molecule has 1 fully saturated rings. The zero-order valence-corrected chi connectivity index (χ0v) is 18.3. The van der Waals surface area contributed by atoms with Gasteiger partial charge in [0.05, 0.1) is 10.6 Å². The fraction of sp³-hybridized carbons (Fsp3) is 0.435. The lowest BCUT2D eigenvalue weighted by Crippen LogP contribution is -2.43. The Balaban J connectivity index is 1.99. The number of hydrogen-bond acceptors (Lipinski definition) is 3. The number of para-hydroxylation sites is 1. The van der Waals surface area contributed by atoms with E-state index in [0.29, 0.717) is 23.4 Å². The van der Waals surface area contributed by atoms with E-state index >= 15 is 0 Å². The fourth-order valence-corrected chi connectivity index (χ4v) is 5.80. The first kappa shape index (κ1) is 21.4. The van der Waals surface area contributed by atoms with Crippen molar-refractivity contribution in [1.82, 2.24) is 4.90 Å². The number of hydrogen-bond donors (Lipinski definition) is 0. The SMILES string of the molecule is CC[C@@H]1CCCCN1C(=O)c1ccc(C)c(S(=O)(=O)N(CC)c2ccccc2)c1. The van der Waals surface area contributed by atoms with Crippen LogP contribution >= 0.6 is 0 Å².